The highest BCUT2D eigenvalue weighted by Crippen LogP contribution is 2.25. The van der Waals surface area contributed by atoms with Crippen molar-refractivity contribution in [1.82, 2.24) is 15.0 Å². The third-order valence-corrected chi connectivity index (χ3v) is 5.53. The quantitative estimate of drug-likeness (QED) is 0.492. The van der Waals surface area contributed by atoms with Gasteiger partial charge in [-0.15, -0.1) is 11.3 Å². The van der Waals surface area contributed by atoms with E-state index in [-0.39, 0.29) is 11.7 Å². The summed E-state index contributed by atoms with van der Waals surface area (Å²) in [4.78, 5) is 25.8. The fourth-order valence-electron chi connectivity index (χ4n) is 2.61. The Morgan fingerprint density at radius 1 is 1.00 bits per heavy atom. The van der Waals surface area contributed by atoms with Gasteiger partial charge in [-0.2, -0.15) is 0 Å². The number of anilines is 1. The molecular formula is C20H16N4OS2. The van der Waals surface area contributed by atoms with Gasteiger partial charge in [0.2, 0.25) is 5.91 Å². The third kappa shape index (κ3) is 4.50. The third-order valence-electron chi connectivity index (χ3n) is 3.84. The summed E-state index contributed by atoms with van der Waals surface area (Å²) < 4.78 is 0. The molecule has 134 valence electrons. The first kappa shape index (κ1) is 17.6. The van der Waals surface area contributed by atoms with E-state index in [0.717, 1.165) is 27.3 Å². The van der Waals surface area contributed by atoms with Crippen molar-refractivity contribution < 1.29 is 4.79 Å². The minimum absolute atomic E-state index is 0.101. The average Bonchev–Trinajstić information content (AvgIpc) is 3.20. The molecule has 0 saturated heterocycles. The van der Waals surface area contributed by atoms with Crippen LogP contribution in [0.25, 0.3) is 11.0 Å². The van der Waals surface area contributed by atoms with Crippen LogP contribution in [0.3, 0.4) is 0 Å². The van der Waals surface area contributed by atoms with E-state index in [1.165, 1.54) is 23.1 Å². The minimum Gasteiger partial charge on any atom is -0.301 e. The van der Waals surface area contributed by atoms with Gasteiger partial charge in [-0.25, -0.2) is 15.0 Å². The summed E-state index contributed by atoms with van der Waals surface area (Å²) >= 11 is 2.80. The molecule has 0 atom stereocenters. The zero-order valence-electron chi connectivity index (χ0n) is 14.3. The van der Waals surface area contributed by atoms with Crippen LogP contribution in [0, 0.1) is 0 Å². The van der Waals surface area contributed by atoms with Gasteiger partial charge in [0.05, 0.1) is 22.5 Å². The van der Waals surface area contributed by atoms with Crippen molar-refractivity contribution in [2.45, 2.75) is 11.4 Å². The fraction of sp³-hybridized carbons (Fsp3) is 0.100. The minimum atomic E-state index is -0.101. The second-order valence-electron chi connectivity index (χ2n) is 5.80. The molecule has 0 spiro atoms. The van der Waals surface area contributed by atoms with Crippen LogP contribution in [0.4, 0.5) is 5.13 Å². The molecule has 2 aromatic carbocycles. The van der Waals surface area contributed by atoms with Crippen molar-refractivity contribution in [2.24, 2.45) is 0 Å². The number of carbonyl (C=O) groups is 1. The summed E-state index contributed by atoms with van der Waals surface area (Å²) in [5.74, 6) is 0.157. The van der Waals surface area contributed by atoms with Gasteiger partial charge in [0.15, 0.2) is 5.13 Å². The molecule has 2 heterocycles. The lowest BCUT2D eigenvalue weighted by Crippen LogP contribution is -2.14. The van der Waals surface area contributed by atoms with Gasteiger partial charge >= 0.3 is 0 Å². The van der Waals surface area contributed by atoms with Crippen LogP contribution in [0.5, 0.6) is 0 Å². The number of hydrogen-bond donors (Lipinski definition) is 1. The van der Waals surface area contributed by atoms with E-state index < -0.39 is 0 Å². The number of amides is 1. The van der Waals surface area contributed by atoms with Gasteiger partial charge in [0.1, 0.15) is 5.03 Å². The topological polar surface area (TPSA) is 67.8 Å². The molecule has 7 heteroatoms. The predicted octanol–water partition coefficient (Wildman–Crippen LogP) is 4.41. The molecule has 2 aromatic heterocycles. The van der Waals surface area contributed by atoms with E-state index in [0.29, 0.717) is 11.6 Å². The molecule has 0 bridgehead atoms. The van der Waals surface area contributed by atoms with E-state index in [4.69, 9.17) is 9.97 Å². The molecular weight excluding hydrogens is 376 g/mol. The number of nitrogens with one attached hydrogen (secondary N) is 1. The highest BCUT2D eigenvalue weighted by atomic mass is 32.2. The molecule has 0 aliphatic rings. The summed E-state index contributed by atoms with van der Waals surface area (Å²) in [6, 6.07) is 18.0. The van der Waals surface area contributed by atoms with Crippen molar-refractivity contribution in [3.63, 3.8) is 0 Å². The Bertz CT molecular complexity index is 1050. The fourth-order valence-corrected chi connectivity index (χ4v) is 3.95. The van der Waals surface area contributed by atoms with Crippen LogP contribution in [0.2, 0.25) is 0 Å². The molecule has 0 radical (unpaired) electrons. The molecule has 0 aliphatic carbocycles. The maximum Gasteiger partial charge on any atom is 0.236 e. The SMILES string of the molecule is O=C(CSc1nc2ccccc2nc1Cc1ccccc1)Nc1nccs1. The molecule has 1 N–H and O–H groups in total. The molecule has 0 saturated carbocycles. The molecule has 4 aromatic rings. The molecule has 4 rings (SSSR count). The van der Waals surface area contributed by atoms with E-state index >= 15 is 0 Å². The smallest absolute Gasteiger partial charge is 0.236 e. The number of rotatable bonds is 6. The van der Waals surface area contributed by atoms with Gasteiger partial charge in [-0.3, -0.25) is 4.79 Å². The summed E-state index contributed by atoms with van der Waals surface area (Å²) in [5.41, 5.74) is 3.74. The van der Waals surface area contributed by atoms with Crippen molar-refractivity contribution in [3.05, 3.63) is 77.4 Å². The number of carbonyl (C=O) groups excluding carboxylic acids is 1. The molecule has 5 nitrogen and oxygen atoms in total. The van der Waals surface area contributed by atoms with Gasteiger partial charge < -0.3 is 5.32 Å². The second kappa shape index (κ2) is 8.28. The van der Waals surface area contributed by atoms with E-state index in [2.05, 4.69) is 22.4 Å². The standard InChI is InChI=1S/C20H16N4OS2/c25-18(24-20-21-10-11-26-20)13-27-19-17(12-14-6-2-1-3-7-14)22-15-8-4-5-9-16(15)23-19/h1-11H,12-13H2,(H,21,24,25). The highest BCUT2D eigenvalue weighted by Gasteiger charge is 2.13. The van der Waals surface area contributed by atoms with Crippen LogP contribution in [0.1, 0.15) is 11.3 Å². The molecule has 0 aliphatic heterocycles. The number of nitrogens with zero attached hydrogens (tertiary/aromatic N) is 3. The Kier molecular flexibility index (Phi) is 5.41. The van der Waals surface area contributed by atoms with E-state index in [1.807, 2.05) is 47.8 Å². The lowest BCUT2D eigenvalue weighted by Gasteiger charge is -2.10. The van der Waals surface area contributed by atoms with Crippen molar-refractivity contribution >= 4 is 45.2 Å². The van der Waals surface area contributed by atoms with Gasteiger partial charge in [-0.1, -0.05) is 54.2 Å². The maximum absolute atomic E-state index is 12.2. The predicted molar refractivity (Wildman–Crippen MR) is 110 cm³/mol. The summed E-state index contributed by atoms with van der Waals surface area (Å²) in [7, 11) is 0. The molecule has 0 unspecified atom stereocenters. The maximum atomic E-state index is 12.2. The number of fused-ring (bicyclic) bond motifs is 1. The summed E-state index contributed by atoms with van der Waals surface area (Å²) in [5, 5.41) is 6.02. The Balaban J connectivity index is 1.57. The Morgan fingerprint density at radius 3 is 2.48 bits per heavy atom. The van der Waals surface area contributed by atoms with Crippen LogP contribution < -0.4 is 5.32 Å². The molecule has 27 heavy (non-hydrogen) atoms. The number of hydrogen-bond acceptors (Lipinski definition) is 6. The van der Waals surface area contributed by atoms with Crippen molar-refractivity contribution in [2.75, 3.05) is 11.1 Å². The molecule has 0 fully saturated rings. The zero-order chi connectivity index (χ0) is 18.5. The van der Waals surface area contributed by atoms with Crippen LogP contribution in [-0.4, -0.2) is 26.6 Å². The second-order valence-corrected chi connectivity index (χ2v) is 7.66. The van der Waals surface area contributed by atoms with E-state index in [1.54, 1.807) is 6.20 Å². The Morgan fingerprint density at radius 2 is 1.74 bits per heavy atom. The lowest BCUT2D eigenvalue weighted by atomic mass is 10.1. The lowest BCUT2D eigenvalue weighted by molar-refractivity contribution is -0.113. The van der Waals surface area contributed by atoms with Crippen molar-refractivity contribution in [1.29, 1.82) is 0 Å². The van der Waals surface area contributed by atoms with Gasteiger partial charge in [-0.05, 0) is 17.7 Å². The van der Waals surface area contributed by atoms with Crippen LogP contribution in [0.15, 0.2) is 71.2 Å². The number of thioether (sulfide) groups is 1. The number of thiazole rings is 1. The van der Waals surface area contributed by atoms with Gasteiger partial charge in [0.25, 0.3) is 0 Å². The number of para-hydroxylation sites is 2. The normalized spacial score (nSPS) is 10.8. The largest absolute Gasteiger partial charge is 0.301 e. The van der Waals surface area contributed by atoms with Gasteiger partial charge in [0, 0.05) is 18.0 Å². The Hall–Kier alpha value is -2.77. The first-order chi connectivity index (χ1) is 13.3. The van der Waals surface area contributed by atoms with Crippen LogP contribution >= 0.6 is 23.1 Å². The highest BCUT2D eigenvalue weighted by molar-refractivity contribution is 8.00. The average molecular weight is 393 g/mol. The first-order valence-electron chi connectivity index (χ1n) is 8.40. The monoisotopic (exact) mass is 392 g/mol. The summed E-state index contributed by atoms with van der Waals surface area (Å²) in [6.45, 7) is 0. The van der Waals surface area contributed by atoms with Crippen molar-refractivity contribution in [3.8, 4) is 0 Å². The Labute approximate surface area is 164 Å². The molecule has 1 amide bonds. The van der Waals surface area contributed by atoms with E-state index in [9.17, 15) is 4.79 Å². The number of aromatic nitrogens is 3. The summed E-state index contributed by atoms with van der Waals surface area (Å²) in [6.07, 6.45) is 2.34. The first-order valence-corrected chi connectivity index (χ1v) is 10.3. The zero-order valence-corrected chi connectivity index (χ0v) is 16.0. The number of benzene rings is 2. The van der Waals surface area contributed by atoms with Crippen LogP contribution in [-0.2, 0) is 11.2 Å².